The van der Waals surface area contributed by atoms with Crippen molar-refractivity contribution in [3.05, 3.63) is 59.2 Å². The number of benzene rings is 2. The summed E-state index contributed by atoms with van der Waals surface area (Å²) in [6.45, 7) is 2.51. The van der Waals surface area contributed by atoms with Crippen LogP contribution in [-0.4, -0.2) is 13.4 Å². The van der Waals surface area contributed by atoms with E-state index in [2.05, 4.69) is 0 Å². The quantitative estimate of drug-likeness (QED) is 0.769. The number of carbonyl (C=O) groups excluding carboxylic acids is 1. The second-order valence-electron chi connectivity index (χ2n) is 4.27. The minimum absolute atomic E-state index is 0.470. The number of hydrogen-bond donors (Lipinski definition) is 0. The molecule has 0 atom stereocenters. The molecule has 0 heterocycles. The molecule has 0 N–H and O–H groups in total. The second-order valence-corrected chi connectivity index (χ2v) is 4.27. The van der Waals surface area contributed by atoms with Gasteiger partial charge >= 0.3 is 0 Å². The Morgan fingerprint density at radius 3 is 2.53 bits per heavy atom. The highest BCUT2D eigenvalue weighted by Crippen LogP contribution is 2.23. The highest BCUT2D eigenvalue weighted by Gasteiger charge is 2.03. The second kappa shape index (κ2) is 6.05. The van der Waals surface area contributed by atoms with E-state index in [1.54, 1.807) is 25.3 Å². The molecule has 0 saturated heterocycles. The van der Waals surface area contributed by atoms with Crippen molar-refractivity contribution in [2.75, 3.05) is 7.11 Å². The molecule has 3 heteroatoms. The maximum atomic E-state index is 10.8. The Morgan fingerprint density at radius 2 is 1.84 bits per heavy atom. The van der Waals surface area contributed by atoms with Crippen molar-refractivity contribution in [3.63, 3.8) is 0 Å². The fourth-order valence-electron chi connectivity index (χ4n) is 1.80. The third-order valence-electron chi connectivity index (χ3n) is 2.93. The molecule has 3 nitrogen and oxygen atoms in total. The first kappa shape index (κ1) is 13.1. The Balaban J connectivity index is 2.15. The lowest BCUT2D eigenvalue weighted by Crippen LogP contribution is -1.98. The van der Waals surface area contributed by atoms with Crippen LogP contribution in [0.3, 0.4) is 0 Å². The molecule has 0 aromatic heterocycles. The van der Waals surface area contributed by atoms with Gasteiger partial charge in [-0.3, -0.25) is 4.79 Å². The highest BCUT2D eigenvalue weighted by molar-refractivity contribution is 5.76. The van der Waals surface area contributed by atoms with Crippen LogP contribution < -0.4 is 9.47 Å². The number of aldehydes is 1. The van der Waals surface area contributed by atoms with E-state index < -0.39 is 0 Å². The topological polar surface area (TPSA) is 35.5 Å². The van der Waals surface area contributed by atoms with Gasteiger partial charge in [0.15, 0.2) is 0 Å². The molecular weight excluding hydrogens is 240 g/mol. The molecule has 0 bridgehead atoms. The van der Waals surface area contributed by atoms with Crippen molar-refractivity contribution in [1.82, 2.24) is 0 Å². The van der Waals surface area contributed by atoms with Crippen molar-refractivity contribution in [1.29, 1.82) is 0 Å². The summed E-state index contributed by atoms with van der Waals surface area (Å²) in [5.74, 6) is 1.24. The van der Waals surface area contributed by atoms with E-state index in [9.17, 15) is 4.79 Å². The lowest BCUT2D eigenvalue weighted by molar-refractivity contribution is 0.112. The van der Waals surface area contributed by atoms with Crippen LogP contribution in [0.25, 0.3) is 0 Å². The predicted molar refractivity (Wildman–Crippen MR) is 73.9 cm³/mol. The van der Waals surface area contributed by atoms with Gasteiger partial charge in [-0.15, -0.1) is 0 Å². The van der Waals surface area contributed by atoms with Crippen LogP contribution in [0.15, 0.2) is 42.5 Å². The van der Waals surface area contributed by atoms with Crippen molar-refractivity contribution >= 4 is 6.29 Å². The number of methoxy groups -OCH3 is 1. The molecule has 2 rings (SSSR count). The van der Waals surface area contributed by atoms with Crippen LogP contribution in [0.2, 0.25) is 0 Å². The summed E-state index contributed by atoms with van der Waals surface area (Å²) in [7, 11) is 1.56. The van der Waals surface area contributed by atoms with Crippen molar-refractivity contribution < 1.29 is 14.3 Å². The summed E-state index contributed by atoms with van der Waals surface area (Å²) >= 11 is 0. The largest absolute Gasteiger partial charge is 0.497 e. The van der Waals surface area contributed by atoms with Crippen molar-refractivity contribution in [2.24, 2.45) is 0 Å². The fraction of sp³-hybridized carbons (Fsp3) is 0.188. The van der Waals surface area contributed by atoms with E-state index in [0.717, 1.165) is 11.8 Å². The molecule has 2 aromatic rings. The molecule has 0 radical (unpaired) electrons. The molecule has 19 heavy (non-hydrogen) atoms. The molecule has 0 aliphatic rings. The number of aryl methyl sites for hydroxylation is 1. The normalized spacial score (nSPS) is 10.0. The van der Waals surface area contributed by atoms with Crippen LogP contribution in [0.1, 0.15) is 21.5 Å². The smallest absolute Gasteiger partial charge is 0.150 e. The summed E-state index contributed by atoms with van der Waals surface area (Å²) in [4.78, 5) is 10.8. The molecular formula is C16H16O3. The zero-order chi connectivity index (χ0) is 13.7. The summed E-state index contributed by atoms with van der Waals surface area (Å²) < 4.78 is 10.9. The van der Waals surface area contributed by atoms with Gasteiger partial charge in [0.1, 0.15) is 24.4 Å². The molecule has 0 spiro atoms. The zero-order valence-electron chi connectivity index (χ0n) is 11.1. The Labute approximate surface area is 112 Å². The van der Waals surface area contributed by atoms with Gasteiger partial charge in [0.05, 0.1) is 7.11 Å². The Morgan fingerprint density at radius 1 is 1.11 bits per heavy atom. The maximum absolute atomic E-state index is 10.8. The zero-order valence-corrected chi connectivity index (χ0v) is 11.1. The van der Waals surface area contributed by atoms with Crippen LogP contribution in [0, 0.1) is 6.92 Å². The first-order valence-corrected chi connectivity index (χ1v) is 6.04. The van der Waals surface area contributed by atoms with Gasteiger partial charge in [-0.25, -0.2) is 0 Å². The van der Waals surface area contributed by atoms with E-state index in [-0.39, 0.29) is 0 Å². The minimum Gasteiger partial charge on any atom is -0.497 e. The molecule has 0 amide bonds. The number of carbonyl (C=O) groups is 1. The van der Waals surface area contributed by atoms with Gasteiger partial charge in [-0.2, -0.15) is 0 Å². The van der Waals surface area contributed by atoms with Crippen LogP contribution in [0.4, 0.5) is 0 Å². The van der Waals surface area contributed by atoms with Crippen LogP contribution >= 0.6 is 0 Å². The van der Waals surface area contributed by atoms with Crippen molar-refractivity contribution in [3.8, 4) is 11.5 Å². The fourth-order valence-corrected chi connectivity index (χ4v) is 1.80. The van der Waals surface area contributed by atoms with E-state index >= 15 is 0 Å². The summed E-state index contributed by atoms with van der Waals surface area (Å²) in [6.07, 6.45) is 0.781. The van der Waals surface area contributed by atoms with E-state index in [1.807, 2.05) is 31.2 Å². The lowest BCUT2D eigenvalue weighted by atomic mass is 10.1. The predicted octanol–water partition coefficient (Wildman–Crippen LogP) is 3.40. The van der Waals surface area contributed by atoms with Gasteiger partial charge in [0.2, 0.25) is 0 Å². The Hall–Kier alpha value is -2.29. The maximum Gasteiger partial charge on any atom is 0.150 e. The lowest BCUT2D eigenvalue weighted by Gasteiger charge is -2.10. The van der Waals surface area contributed by atoms with Gasteiger partial charge in [0, 0.05) is 11.6 Å². The van der Waals surface area contributed by atoms with Crippen LogP contribution in [-0.2, 0) is 6.61 Å². The molecule has 98 valence electrons. The summed E-state index contributed by atoms with van der Waals surface area (Å²) in [6, 6.07) is 13.2. The summed E-state index contributed by atoms with van der Waals surface area (Å²) in [5.41, 5.74) is 2.85. The minimum atomic E-state index is 0.470. The SMILES string of the molecule is COc1cc(C=O)cc(OCc2ccccc2C)c1. The average molecular weight is 256 g/mol. The van der Waals surface area contributed by atoms with Crippen LogP contribution in [0.5, 0.6) is 11.5 Å². The van der Waals surface area contributed by atoms with Gasteiger partial charge in [-0.1, -0.05) is 24.3 Å². The van der Waals surface area contributed by atoms with Crippen molar-refractivity contribution in [2.45, 2.75) is 13.5 Å². The van der Waals surface area contributed by atoms with Gasteiger partial charge in [-0.05, 0) is 30.2 Å². The standard InChI is InChI=1S/C16H16O3/c1-12-5-3-4-6-14(12)11-19-16-8-13(10-17)7-15(9-16)18-2/h3-10H,11H2,1-2H3. The first-order chi connectivity index (χ1) is 9.22. The van der Waals surface area contributed by atoms with E-state index in [4.69, 9.17) is 9.47 Å². The molecule has 0 aliphatic carbocycles. The number of rotatable bonds is 5. The van der Waals surface area contributed by atoms with E-state index in [0.29, 0.717) is 23.7 Å². The molecule has 0 saturated carbocycles. The highest BCUT2D eigenvalue weighted by atomic mass is 16.5. The third kappa shape index (κ3) is 3.35. The van der Waals surface area contributed by atoms with E-state index in [1.165, 1.54) is 5.56 Å². The number of ether oxygens (including phenoxy) is 2. The number of hydrogen-bond acceptors (Lipinski definition) is 3. The molecule has 0 aliphatic heterocycles. The summed E-state index contributed by atoms with van der Waals surface area (Å²) in [5, 5.41) is 0. The average Bonchev–Trinajstić information content (AvgIpc) is 2.46. The third-order valence-corrected chi connectivity index (χ3v) is 2.93. The molecule has 0 fully saturated rings. The molecule has 2 aromatic carbocycles. The van der Waals surface area contributed by atoms with Gasteiger partial charge in [0.25, 0.3) is 0 Å². The molecule has 0 unspecified atom stereocenters. The Bertz CT molecular complexity index is 576. The Kier molecular flexibility index (Phi) is 4.18. The monoisotopic (exact) mass is 256 g/mol. The first-order valence-electron chi connectivity index (χ1n) is 6.04. The van der Waals surface area contributed by atoms with Gasteiger partial charge < -0.3 is 9.47 Å².